The van der Waals surface area contributed by atoms with E-state index in [0.717, 1.165) is 17.8 Å². The standard InChI is InChI=1S/C6H8N2O/c9-6-2-1-5-4(6)3-7-8-5/h1-2,6-9H,3H2. The van der Waals surface area contributed by atoms with Crippen molar-refractivity contribution in [3.8, 4) is 0 Å². The summed E-state index contributed by atoms with van der Waals surface area (Å²) in [5.41, 5.74) is 7.93. The van der Waals surface area contributed by atoms with Crippen LogP contribution in [-0.2, 0) is 0 Å². The molecular formula is C6H8N2O. The minimum Gasteiger partial charge on any atom is -0.384 e. The van der Waals surface area contributed by atoms with E-state index in [2.05, 4.69) is 10.9 Å². The van der Waals surface area contributed by atoms with Gasteiger partial charge >= 0.3 is 0 Å². The first-order valence-corrected chi connectivity index (χ1v) is 2.96. The molecule has 48 valence electrons. The summed E-state index contributed by atoms with van der Waals surface area (Å²) in [4.78, 5) is 0. The number of aliphatic hydroxyl groups is 1. The fourth-order valence-corrected chi connectivity index (χ4v) is 1.13. The fourth-order valence-electron chi connectivity index (χ4n) is 1.13. The van der Waals surface area contributed by atoms with Crippen LogP contribution in [0.3, 0.4) is 0 Å². The van der Waals surface area contributed by atoms with E-state index in [-0.39, 0.29) is 6.10 Å². The van der Waals surface area contributed by atoms with Gasteiger partial charge in [0.15, 0.2) is 0 Å². The predicted octanol–water partition coefficient (Wildman–Crippen LogP) is -0.721. The Balaban J connectivity index is 2.33. The molecule has 1 atom stereocenters. The minimum absolute atomic E-state index is 0.359. The van der Waals surface area contributed by atoms with E-state index in [1.165, 1.54) is 0 Å². The molecule has 0 saturated carbocycles. The summed E-state index contributed by atoms with van der Waals surface area (Å²) in [5, 5.41) is 9.17. The summed E-state index contributed by atoms with van der Waals surface area (Å²) in [6.07, 6.45) is 3.31. The SMILES string of the molecule is OC1C=CC2=C1CNN2. The highest BCUT2D eigenvalue weighted by Gasteiger charge is 2.21. The monoisotopic (exact) mass is 124 g/mol. The molecule has 1 aliphatic carbocycles. The van der Waals surface area contributed by atoms with E-state index >= 15 is 0 Å². The lowest BCUT2D eigenvalue weighted by Crippen LogP contribution is -2.24. The summed E-state index contributed by atoms with van der Waals surface area (Å²) in [7, 11) is 0. The molecule has 1 heterocycles. The number of nitrogens with one attached hydrogen (secondary N) is 2. The average molecular weight is 124 g/mol. The van der Waals surface area contributed by atoms with Gasteiger partial charge < -0.3 is 10.5 Å². The third-order valence-electron chi connectivity index (χ3n) is 1.65. The number of aliphatic hydroxyl groups excluding tert-OH is 1. The maximum atomic E-state index is 9.17. The molecule has 1 unspecified atom stereocenters. The molecular weight excluding hydrogens is 116 g/mol. The zero-order valence-electron chi connectivity index (χ0n) is 4.89. The summed E-state index contributed by atoms with van der Waals surface area (Å²) >= 11 is 0. The summed E-state index contributed by atoms with van der Waals surface area (Å²) in [6, 6.07) is 0. The summed E-state index contributed by atoms with van der Waals surface area (Å²) < 4.78 is 0. The van der Waals surface area contributed by atoms with E-state index in [0.29, 0.717) is 0 Å². The maximum absolute atomic E-state index is 9.17. The highest BCUT2D eigenvalue weighted by atomic mass is 16.3. The van der Waals surface area contributed by atoms with Crippen molar-refractivity contribution >= 4 is 0 Å². The molecule has 0 bridgehead atoms. The smallest absolute Gasteiger partial charge is 0.0972 e. The van der Waals surface area contributed by atoms with Gasteiger partial charge in [-0.3, -0.25) is 0 Å². The average Bonchev–Trinajstić information content (AvgIpc) is 2.35. The molecule has 1 aliphatic heterocycles. The van der Waals surface area contributed by atoms with Gasteiger partial charge in [0.05, 0.1) is 11.8 Å². The Hall–Kier alpha value is -0.800. The molecule has 0 aromatic heterocycles. The van der Waals surface area contributed by atoms with Gasteiger partial charge in [0.1, 0.15) is 0 Å². The lowest BCUT2D eigenvalue weighted by Gasteiger charge is -1.99. The zero-order chi connectivity index (χ0) is 6.27. The zero-order valence-corrected chi connectivity index (χ0v) is 4.89. The number of hydrogen-bond donors (Lipinski definition) is 3. The highest BCUT2D eigenvalue weighted by molar-refractivity contribution is 5.39. The van der Waals surface area contributed by atoms with E-state index in [1.54, 1.807) is 6.08 Å². The Morgan fingerprint density at radius 1 is 1.67 bits per heavy atom. The number of rotatable bonds is 0. The third-order valence-corrected chi connectivity index (χ3v) is 1.65. The van der Waals surface area contributed by atoms with Crippen LogP contribution in [0, 0.1) is 0 Å². The second kappa shape index (κ2) is 1.59. The quantitative estimate of drug-likeness (QED) is 0.399. The van der Waals surface area contributed by atoms with Crippen LogP contribution < -0.4 is 10.9 Å². The van der Waals surface area contributed by atoms with Gasteiger partial charge in [-0.25, -0.2) is 5.43 Å². The molecule has 3 heteroatoms. The van der Waals surface area contributed by atoms with E-state index in [1.807, 2.05) is 6.08 Å². The highest BCUT2D eigenvalue weighted by Crippen LogP contribution is 2.18. The van der Waals surface area contributed by atoms with E-state index < -0.39 is 0 Å². The molecule has 0 saturated heterocycles. The van der Waals surface area contributed by atoms with Crippen molar-refractivity contribution in [1.29, 1.82) is 0 Å². The first-order chi connectivity index (χ1) is 4.38. The minimum atomic E-state index is -0.359. The predicted molar refractivity (Wildman–Crippen MR) is 33.3 cm³/mol. The second-order valence-electron chi connectivity index (χ2n) is 2.22. The van der Waals surface area contributed by atoms with Crippen molar-refractivity contribution in [2.24, 2.45) is 0 Å². The lowest BCUT2D eigenvalue weighted by atomic mass is 10.2. The fraction of sp³-hybridized carbons (Fsp3) is 0.333. The van der Waals surface area contributed by atoms with Crippen LogP contribution in [0.15, 0.2) is 23.4 Å². The van der Waals surface area contributed by atoms with Gasteiger partial charge in [-0.15, -0.1) is 0 Å². The topological polar surface area (TPSA) is 44.3 Å². The Bertz CT molecular complexity index is 195. The van der Waals surface area contributed by atoms with Crippen LogP contribution in [0.25, 0.3) is 0 Å². The molecule has 2 rings (SSSR count). The lowest BCUT2D eigenvalue weighted by molar-refractivity contribution is 0.260. The second-order valence-corrected chi connectivity index (χ2v) is 2.22. The van der Waals surface area contributed by atoms with Crippen LogP contribution in [0.5, 0.6) is 0 Å². The Morgan fingerprint density at radius 2 is 2.56 bits per heavy atom. The van der Waals surface area contributed by atoms with Crippen molar-refractivity contribution in [3.05, 3.63) is 23.4 Å². The van der Waals surface area contributed by atoms with Gasteiger partial charge in [0, 0.05) is 12.1 Å². The van der Waals surface area contributed by atoms with Gasteiger partial charge in [0.25, 0.3) is 0 Å². The number of hydrogen-bond acceptors (Lipinski definition) is 3. The largest absolute Gasteiger partial charge is 0.384 e. The van der Waals surface area contributed by atoms with Crippen LogP contribution >= 0.6 is 0 Å². The molecule has 0 radical (unpaired) electrons. The maximum Gasteiger partial charge on any atom is 0.0972 e. The third kappa shape index (κ3) is 0.588. The summed E-state index contributed by atoms with van der Waals surface area (Å²) in [5.74, 6) is 0. The van der Waals surface area contributed by atoms with Crippen LogP contribution in [0.1, 0.15) is 0 Å². The Kier molecular flexibility index (Phi) is 0.886. The van der Waals surface area contributed by atoms with Gasteiger partial charge in [-0.1, -0.05) is 0 Å². The van der Waals surface area contributed by atoms with Crippen LogP contribution in [0.2, 0.25) is 0 Å². The summed E-state index contributed by atoms with van der Waals surface area (Å²) in [6.45, 7) is 0.753. The van der Waals surface area contributed by atoms with E-state index in [4.69, 9.17) is 0 Å². The van der Waals surface area contributed by atoms with Gasteiger partial charge in [-0.05, 0) is 12.2 Å². The van der Waals surface area contributed by atoms with Crippen LogP contribution in [-0.4, -0.2) is 17.8 Å². The molecule has 3 N–H and O–H groups in total. The Morgan fingerprint density at radius 3 is 3.33 bits per heavy atom. The molecule has 0 aromatic carbocycles. The molecule has 0 fully saturated rings. The molecule has 9 heavy (non-hydrogen) atoms. The number of hydrazine groups is 1. The Labute approximate surface area is 53.0 Å². The molecule has 0 spiro atoms. The number of allylic oxidation sites excluding steroid dienone is 1. The molecule has 3 nitrogen and oxygen atoms in total. The van der Waals surface area contributed by atoms with Crippen molar-refractivity contribution < 1.29 is 5.11 Å². The van der Waals surface area contributed by atoms with Gasteiger partial charge in [-0.2, -0.15) is 0 Å². The van der Waals surface area contributed by atoms with E-state index in [9.17, 15) is 5.11 Å². The van der Waals surface area contributed by atoms with Crippen molar-refractivity contribution in [2.75, 3.05) is 6.54 Å². The van der Waals surface area contributed by atoms with Crippen molar-refractivity contribution in [2.45, 2.75) is 6.10 Å². The first-order valence-electron chi connectivity index (χ1n) is 2.96. The normalized spacial score (nSPS) is 31.0. The molecule has 2 aliphatic rings. The molecule has 0 amide bonds. The van der Waals surface area contributed by atoms with Crippen molar-refractivity contribution in [1.82, 2.24) is 10.9 Å². The molecule has 0 aromatic rings. The van der Waals surface area contributed by atoms with Crippen molar-refractivity contribution in [3.63, 3.8) is 0 Å². The van der Waals surface area contributed by atoms with Crippen LogP contribution in [0.4, 0.5) is 0 Å². The van der Waals surface area contributed by atoms with Gasteiger partial charge in [0.2, 0.25) is 0 Å². The first kappa shape index (κ1) is 5.02.